The molecule has 0 aromatic heterocycles. The normalized spacial score (nSPS) is 12.2. The number of nitrogens with one attached hydrogen (secondary N) is 1. The van der Waals surface area contributed by atoms with Crippen molar-refractivity contribution in [2.45, 2.75) is 59.5 Å². The number of rotatable bonds is 12. The number of sulfonamides is 1. The highest BCUT2D eigenvalue weighted by Gasteiger charge is 2.28. The van der Waals surface area contributed by atoms with Crippen LogP contribution in [0.4, 0.5) is 10.1 Å². The first-order valence-corrected chi connectivity index (χ1v) is 13.7. The summed E-state index contributed by atoms with van der Waals surface area (Å²) < 4.78 is 39.7. The van der Waals surface area contributed by atoms with Crippen LogP contribution < -0.4 is 9.62 Å². The van der Waals surface area contributed by atoms with Gasteiger partial charge in [-0.25, -0.2) is 12.8 Å². The maximum absolute atomic E-state index is 13.4. The van der Waals surface area contributed by atoms with Crippen molar-refractivity contribution in [1.82, 2.24) is 10.2 Å². The molecule has 2 rings (SSSR count). The Kier molecular flexibility index (Phi) is 10.2. The summed E-state index contributed by atoms with van der Waals surface area (Å²) in [5, 5.41) is 2.77. The lowest BCUT2D eigenvalue weighted by atomic mass is 10.1. The van der Waals surface area contributed by atoms with Crippen LogP contribution in [0, 0.1) is 19.7 Å². The maximum Gasteiger partial charge on any atom is 0.242 e. The second kappa shape index (κ2) is 12.7. The highest BCUT2D eigenvalue weighted by atomic mass is 32.2. The Morgan fingerprint density at radius 3 is 2.14 bits per heavy atom. The van der Waals surface area contributed by atoms with Crippen molar-refractivity contribution in [3.8, 4) is 0 Å². The van der Waals surface area contributed by atoms with Gasteiger partial charge < -0.3 is 10.2 Å². The largest absolute Gasteiger partial charge is 0.355 e. The summed E-state index contributed by atoms with van der Waals surface area (Å²) in [6, 6.07) is 10.7. The molecule has 192 valence electrons. The third-order valence-electron chi connectivity index (χ3n) is 5.65. The molecule has 0 radical (unpaired) electrons. The van der Waals surface area contributed by atoms with Crippen molar-refractivity contribution in [1.29, 1.82) is 0 Å². The molecule has 0 heterocycles. The summed E-state index contributed by atoms with van der Waals surface area (Å²) in [5.41, 5.74) is 3.16. The van der Waals surface area contributed by atoms with Gasteiger partial charge in [-0.15, -0.1) is 0 Å². The van der Waals surface area contributed by atoms with E-state index in [9.17, 15) is 22.4 Å². The molecule has 0 saturated heterocycles. The minimum atomic E-state index is -3.56. The molecule has 0 fully saturated rings. The van der Waals surface area contributed by atoms with Gasteiger partial charge in [0, 0.05) is 26.1 Å². The second-order valence-corrected chi connectivity index (χ2v) is 10.7. The van der Waals surface area contributed by atoms with Crippen molar-refractivity contribution in [3.05, 3.63) is 65.0 Å². The standard InChI is InChI=1S/C26H36FN3O4S/c1-6-24(26(32)28-7-2)29(18-21-10-12-22(27)13-11-21)25(31)9-8-14-30(35(5,33)34)23-16-19(3)15-20(4)17-23/h10-13,15-17,24H,6-9,14,18H2,1-5H3,(H,28,32)/t24-/m0/s1. The van der Waals surface area contributed by atoms with E-state index in [-0.39, 0.29) is 43.6 Å². The molecule has 0 bridgehead atoms. The van der Waals surface area contributed by atoms with Gasteiger partial charge in [-0.1, -0.05) is 25.1 Å². The highest BCUT2D eigenvalue weighted by molar-refractivity contribution is 7.92. The van der Waals surface area contributed by atoms with Crippen LogP contribution in [0.15, 0.2) is 42.5 Å². The van der Waals surface area contributed by atoms with Crippen molar-refractivity contribution >= 4 is 27.5 Å². The van der Waals surface area contributed by atoms with E-state index in [1.807, 2.05) is 33.8 Å². The van der Waals surface area contributed by atoms with Crippen molar-refractivity contribution in [2.75, 3.05) is 23.7 Å². The Bertz CT molecular complexity index is 1100. The number of amides is 2. The molecule has 0 unspecified atom stereocenters. The van der Waals surface area contributed by atoms with Crippen LogP contribution in [-0.2, 0) is 26.2 Å². The van der Waals surface area contributed by atoms with Gasteiger partial charge in [-0.3, -0.25) is 13.9 Å². The SMILES string of the molecule is CCNC(=O)[C@H](CC)N(Cc1ccc(F)cc1)C(=O)CCCN(c1cc(C)cc(C)c1)S(C)(=O)=O. The molecule has 1 atom stereocenters. The zero-order chi connectivity index (χ0) is 26.2. The van der Waals surface area contributed by atoms with Crippen molar-refractivity contribution in [2.24, 2.45) is 0 Å². The van der Waals surface area contributed by atoms with Gasteiger partial charge in [0.15, 0.2) is 0 Å². The molecule has 1 N–H and O–H groups in total. The average Bonchev–Trinajstić information content (AvgIpc) is 2.76. The summed E-state index contributed by atoms with van der Waals surface area (Å²) in [6.45, 7) is 8.17. The van der Waals surface area contributed by atoms with Crippen LogP contribution in [0.5, 0.6) is 0 Å². The molecule has 0 aliphatic heterocycles. The Morgan fingerprint density at radius 2 is 1.63 bits per heavy atom. The first kappa shape index (κ1) is 28.3. The first-order valence-electron chi connectivity index (χ1n) is 11.8. The zero-order valence-electron chi connectivity index (χ0n) is 21.2. The number of carbonyl (C=O) groups excluding carboxylic acids is 2. The Morgan fingerprint density at radius 1 is 1.03 bits per heavy atom. The van der Waals surface area contributed by atoms with E-state index >= 15 is 0 Å². The minimum Gasteiger partial charge on any atom is -0.355 e. The van der Waals surface area contributed by atoms with E-state index in [1.165, 1.54) is 21.3 Å². The maximum atomic E-state index is 13.4. The summed E-state index contributed by atoms with van der Waals surface area (Å²) >= 11 is 0. The van der Waals surface area contributed by atoms with Crippen molar-refractivity contribution < 1.29 is 22.4 Å². The number of carbonyl (C=O) groups is 2. The lowest BCUT2D eigenvalue weighted by molar-refractivity contribution is -0.141. The summed E-state index contributed by atoms with van der Waals surface area (Å²) in [5.74, 6) is -0.894. The van der Waals surface area contributed by atoms with Gasteiger partial charge in [0.05, 0.1) is 11.9 Å². The quantitative estimate of drug-likeness (QED) is 0.474. The third-order valence-corrected chi connectivity index (χ3v) is 6.84. The molecule has 0 aliphatic rings. The molecule has 0 saturated carbocycles. The molecular weight excluding hydrogens is 469 g/mol. The fourth-order valence-electron chi connectivity index (χ4n) is 4.10. The van der Waals surface area contributed by atoms with E-state index in [1.54, 1.807) is 24.3 Å². The number of hydrogen-bond donors (Lipinski definition) is 1. The lowest BCUT2D eigenvalue weighted by Crippen LogP contribution is -2.49. The van der Waals surface area contributed by atoms with Gasteiger partial charge in [-0.2, -0.15) is 0 Å². The van der Waals surface area contributed by atoms with E-state index in [0.29, 0.717) is 24.2 Å². The Balaban J connectivity index is 2.22. The smallest absolute Gasteiger partial charge is 0.242 e. The number of aryl methyl sites for hydroxylation is 2. The third kappa shape index (κ3) is 8.35. The lowest BCUT2D eigenvalue weighted by Gasteiger charge is -2.31. The number of nitrogens with zero attached hydrogens (tertiary/aromatic N) is 2. The van der Waals surface area contributed by atoms with Crippen LogP contribution in [0.1, 0.15) is 49.8 Å². The van der Waals surface area contributed by atoms with Gasteiger partial charge >= 0.3 is 0 Å². The van der Waals surface area contributed by atoms with Crippen LogP contribution in [0.25, 0.3) is 0 Å². The molecule has 0 spiro atoms. The predicted octanol–water partition coefficient (Wildman–Crippen LogP) is 3.93. The van der Waals surface area contributed by atoms with E-state index in [0.717, 1.165) is 17.4 Å². The Labute approximate surface area is 208 Å². The van der Waals surface area contributed by atoms with Gasteiger partial charge in [0.25, 0.3) is 0 Å². The van der Waals surface area contributed by atoms with Crippen LogP contribution in [0.3, 0.4) is 0 Å². The summed E-state index contributed by atoms with van der Waals surface area (Å²) in [4.78, 5) is 27.5. The van der Waals surface area contributed by atoms with Crippen molar-refractivity contribution in [3.63, 3.8) is 0 Å². The fourth-order valence-corrected chi connectivity index (χ4v) is 5.05. The molecule has 2 amide bonds. The van der Waals surface area contributed by atoms with E-state index in [4.69, 9.17) is 0 Å². The van der Waals surface area contributed by atoms with Crippen LogP contribution >= 0.6 is 0 Å². The highest BCUT2D eigenvalue weighted by Crippen LogP contribution is 2.22. The van der Waals surface area contributed by atoms with Gasteiger partial charge in [-0.05, 0) is 74.6 Å². The number of hydrogen-bond acceptors (Lipinski definition) is 4. The summed E-state index contributed by atoms with van der Waals surface area (Å²) in [7, 11) is -3.56. The van der Waals surface area contributed by atoms with Crippen LogP contribution in [0.2, 0.25) is 0 Å². The summed E-state index contributed by atoms with van der Waals surface area (Å²) in [6.07, 6.45) is 1.91. The molecule has 2 aromatic carbocycles. The average molecular weight is 506 g/mol. The molecular formula is C26H36FN3O4S. The van der Waals surface area contributed by atoms with E-state index < -0.39 is 16.1 Å². The monoisotopic (exact) mass is 505 g/mol. The minimum absolute atomic E-state index is 0.0634. The zero-order valence-corrected chi connectivity index (χ0v) is 22.0. The molecule has 2 aromatic rings. The number of likely N-dealkylation sites (N-methyl/N-ethyl adjacent to an activating group) is 1. The predicted molar refractivity (Wildman–Crippen MR) is 137 cm³/mol. The fraction of sp³-hybridized carbons (Fsp3) is 0.462. The topological polar surface area (TPSA) is 86.8 Å². The van der Waals surface area contributed by atoms with Crippen LogP contribution in [-0.4, -0.2) is 50.5 Å². The number of anilines is 1. The number of halogens is 1. The molecule has 7 nitrogen and oxygen atoms in total. The van der Waals surface area contributed by atoms with Gasteiger partial charge in [0.2, 0.25) is 21.8 Å². The molecule has 0 aliphatic carbocycles. The molecule has 35 heavy (non-hydrogen) atoms. The Hall–Kier alpha value is -2.94. The number of benzene rings is 2. The first-order chi connectivity index (χ1) is 16.5. The molecule has 9 heteroatoms. The second-order valence-electron chi connectivity index (χ2n) is 8.75. The van der Waals surface area contributed by atoms with E-state index in [2.05, 4.69) is 5.32 Å². The van der Waals surface area contributed by atoms with Gasteiger partial charge in [0.1, 0.15) is 11.9 Å².